The fourth-order valence-corrected chi connectivity index (χ4v) is 6.16. The van der Waals surface area contributed by atoms with E-state index in [1.54, 1.807) is 37.3 Å². The van der Waals surface area contributed by atoms with E-state index in [4.69, 9.17) is 25.8 Å². The van der Waals surface area contributed by atoms with Crippen molar-refractivity contribution >= 4 is 35.1 Å². The van der Waals surface area contributed by atoms with Gasteiger partial charge in [0.15, 0.2) is 0 Å². The molecule has 0 heterocycles. The van der Waals surface area contributed by atoms with Gasteiger partial charge < -0.3 is 18.8 Å². The lowest BCUT2D eigenvalue weighted by Crippen LogP contribution is -2.22. The number of halogens is 1. The zero-order chi connectivity index (χ0) is 23.5. The molecule has 0 aromatic heterocycles. The van der Waals surface area contributed by atoms with E-state index in [9.17, 15) is 14.2 Å². The lowest BCUT2D eigenvalue weighted by molar-refractivity contribution is 0.103. The summed E-state index contributed by atoms with van der Waals surface area (Å²) in [6, 6.07) is 15.7. The fourth-order valence-electron chi connectivity index (χ4n) is 3.40. The Labute approximate surface area is 191 Å². The van der Waals surface area contributed by atoms with Crippen LogP contribution in [-0.4, -0.2) is 32.4 Å². The zero-order valence-corrected chi connectivity index (χ0v) is 19.7. The highest BCUT2D eigenvalue weighted by atomic mass is 35.5. The molecule has 0 amide bonds. The van der Waals surface area contributed by atoms with Gasteiger partial charge >= 0.3 is 0 Å². The number of carbonyl (C=O) groups excluding carboxylic acids is 2. The minimum absolute atomic E-state index is 0.0427. The van der Waals surface area contributed by atoms with Gasteiger partial charge in [-0.1, -0.05) is 54.1 Å². The van der Waals surface area contributed by atoms with Crippen LogP contribution in [0.4, 0.5) is 0 Å². The number of rotatable bonds is 8. The number of aryl methyl sites for hydroxylation is 1. The molecule has 166 valence electrons. The maximum Gasteiger partial charge on any atom is 0.249 e. The van der Waals surface area contributed by atoms with Gasteiger partial charge in [-0.15, -0.1) is 0 Å². The minimum Gasteiger partial charge on any atom is -0.496 e. The predicted octanol–water partition coefficient (Wildman–Crippen LogP) is 5.34. The number of benzene rings is 3. The minimum atomic E-state index is -4.42. The lowest BCUT2D eigenvalue weighted by atomic mass is 10.1. The average Bonchev–Trinajstić information content (AvgIpc) is 2.82. The first-order valence-corrected chi connectivity index (χ1v) is 11.7. The molecule has 1 unspecified atom stereocenters. The molecule has 3 aromatic carbocycles. The van der Waals surface area contributed by atoms with Crippen molar-refractivity contribution in [3.63, 3.8) is 0 Å². The summed E-state index contributed by atoms with van der Waals surface area (Å²) in [5, 5.41) is 0.210. The molecular formula is C24H22ClO6P. The van der Waals surface area contributed by atoms with E-state index >= 15 is 0 Å². The van der Waals surface area contributed by atoms with Crippen LogP contribution in [0.15, 0.2) is 60.7 Å². The SMILES string of the molecule is COc1cc(OC)c(C(=O)P(=O)(C(=O)c2c(C)cccc2Cl)c2ccccc2)c(OC)c1. The van der Waals surface area contributed by atoms with E-state index in [0.717, 1.165) is 0 Å². The van der Waals surface area contributed by atoms with Crippen molar-refractivity contribution in [1.82, 2.24) is 0 Å². The first-order chi connectivity index (χ1) is 15.3. The third-order valence-electron chi connectivity index (χ3n) is 5.06. The first kappa shape index (κ1) is 23.6. The average molecular weight is 473 g/mol. The molecule has 0 bridgehead atoms. The van der Waals surface area contributed by atoms with Crippen LogP contribution >= 0.6 is 18.7 Å². The largest absolute Gasteiger partial charge is 0.496 e. The Morgan fingerprint density at radius 1 is 0.781 bits per heavy atom. The number of hydrogen-bond acceptors (Lipinski definition) is 6. The molecule has 0 N–H and O–H groups in total. The second-order valence-electron chi connectivity index (χ2n) is 6.89. The Hall–Kier alpha value is -3.08. The van der Waals surface area contributed by atoms with Crippen LogP contribution < -0.4 is 19.5 Å². The Morgan fingerprint density at radius 2 is 1.34 bits per heavy atom. The summed E-state index contributed by atoms with van der Waals surface area (Å²) in [7, 11) is -0.247. The van der Waals surface area contributed by atoms with Crippen LogP contribution in [0, 0.1) is 6.92 Å². The molecule has 0 saturated carbocycles. The zero-order valence-electron chi connectivity index (χ0n) is 18.0. The second-order valence-corrected chi connectivity index (χ2v) is 9.85. The molecule has 32 heavy (non-hydrogen) atoms. The second kappa shape index (κ2) is 9.60. The number of ether oxygens (including phenoxy) is 3. The summed E-state index contributed by atoms with van der Waals surface area (Å²) in [5.74, 6) is 0.523. The summed E-state index contributed by atoms with van der Waals surface area (Å²) < 4.78 is 30.5. The van der Waals surface area contributed by atoms with Gasteiger partial charge in [0, 0.05) is 23.0 Å². The van der Waals surface area contributed by atoms with E-state index < -0.39 is 18.2 Å². The molecule has 1 atom stereocenters. The number of carbonyl (C=O) groups is 2. The van der Waals surface area contributed by atoms with Gasteiger partial charge in [0.1, 0.15) is 22.8 Å². The third-order valence-corrected chi connectivity index (χ3v) is 7.99. The maximum atomic E-state index is 14.5. The van der Waals surface area contributed by atoms with Crippen molar-refractivity contribution in [3.05, 3.63) is 82.4 Å². The molecule has 0 spiro atoms. The van der Waals surface area contributed by atoms with E-state index in [1.807, 2.05) is 0 Å². The van der Waals surface area contributed by atoms with Crippen molar-refractivity contribution in [2.24, 2.45) is 0 Å². The van der Waals surface area contributed by atoms with Gasteiger partial charge in [-0.25, -0.2) is 0 Å². The van der Waals surface area contributed by atoms with Crippen LogP contribution in [0.1, 0.15) is 26.3 Å². The molecule has 3 aromatic rings. The summed E-state index contributed by atoms with van der Waals surface area (Å²) in [4.78, 5) is 27.7. The van der Waals surface area contributed by atoms with Crippen molar-refractivity contribution in [1.29, 1.82) is 0 Å². The summed E-state index contributed by atoms with van der Waals surface area (Å²) >= 11 is 6.31. The molecule has 8 heteroatoms. The molecule has 0 aliphatic heterocycles. The van der Waals surface area contributed by atoms with E-state index in [-0.39, 0.29) is 33.0 Å². The van der Waals surface area contributed by atoms with Gasteiger partial charge in [0.25, 0.3) is 0 Å². The van der Waals surface area contributed by atoms with E-state index in [1.165, 1.54) is 51.7 Å². The standard InChI is InChI=1S/C24H22ClO6P/c1-15-9-8-12-18(25)21(15)23(26)32(28,17-10-6-5-7-11-17)24(27)22-19(30-3)13-16(29-2)14-20(22)31-4/h5-14H,1-4H3. The van der Waals surface area contributed by atoms with Gasteiger partial charge in [-0.2, -0.15) is 0 Å². The quantitative estimate of drug-likeness (QED) is 0.411. The lowest BCUT2D eigenvalue weighted by Gasteiger charge is -2.21. The highest BCUT2D eigenvalue weighted by molar-refractivity contribution is 8.01. The highest BCUT2D eigenvalue weighted by Crippen LogP contribution is 2.55. The molecule has 3 rings (SSSR count). The van der Waals surface area contributed by atoms with Gasteiger partial charge in [-0.05, 0) is 18.6 Å². The monoisotopic (exact) mass is 472 g/mol. The van der Waals surface area contributed by atoms with Crippen LogP contribution in [0.2, 0.25) is 5.02 Å². The van der Waals surface area contributed by atoms with Gasteiger partial charge in [0.2, 0.25) is 18.2 Å². The van der Waals surface area contributed by atoms with E-state index in [0.29, 0.717) is 11.3 Å². The topological polar surface area (TPSA) is 78.9 Å². The molecule has 0 radical (unpaired) electrons. The maximum absolute atomic E-state index is 14.5. The van der Waals surface area contributed by atoms with Crippen LogP contribution in [-0.2, 0) is 4.57 Å². The normalized spacial score (nSPS) is 12.5. The highest BCUT2D eigenvalue weighted by Gasteiger charge is 2.46. The summed E-state index contributed by atoms with van der Waals surface area (Å²) in [6.07, 6.45) is 0. The van der Waals surface area contributed by atoms with Crippen molar-refractivity contribution in [3.8, 4) is 17.2 Å². The molecule has 0 saturated heterocycles. The summed E-state index contributed by atoms with van der Waals surface area (Å²) in [5.41, 5.74) is -1.32. The van der Waals surface area contributed by atoms with Crippen LogP contribution in [0.5, 0.6) is 17.2 Å². The Balaban J connectivity index is 2.33. The molecule has 0 aliphatic rings. The number of hydrogen-bond donors (Lipinski definition) is 0. The van der Waals surface area contributed by atoms with Crippen LogP contribution in [0.3, 0.4) is 0 Å². The van der Waals surface area contributed by atoms with Gasteiger partial charge in [-0.3, -0.25) is 9.59 Å². The Bertz CT molecular complexity index is 1180. The molecule has 0 aliphatic carbocycles. The molecule has 6 nitrogen and oxygen atoms in total. The van der Waals surface area contributed by atoms with Gasteiger partial charge in [0.05, 0.1) is 26.4 Å². The van der Waals surface area contributed by atoms with Crippen molar-refractivity contribution < 1.29 is 28.4 Å². The molecular weight excluding hydrogens is 451 g/mol. The fraction of sp³-hybridized carbons (Fsp3) is 0.167. The third kappa shape index (κ3) is 4.04. The Kier molecular flexibility index (Phi) is 7.07. The number of methoxy groups -OCH3 is 3. The van der Waals surface area contributed by atoms with E-state index in [2.05, 4.69) is 0 Å². The van der Waals surface area contributed by atoms with Crippen molar-refractivity contribution in [2.75, 3.05) is 21.3 Å². The smallest absolute Gasteiger partial charge is 0.249 e. The first-order valence-electron chi connectivity index (χ1n) is 9.60. The summed E-state index contributed by atoms with van der Waals surface area (Å²) in [6.45, 7) is 1.67. The van der Waals surface area contributed by atoms with Crippen LogP contribution in [0.25, 0.3) is 0 Å². The predicted molar refractivity (Wildman–Crippen MR) is 125 cm³/mol. The van der Waals surface area contributed by atoms with Crippen molar-refractivity contribution in [2.45, 2.75) is 6.92 Å². The Morgan fingerprint density at radius 3 is 1.84 bits per heavy atom. The molecule has 0 fully saturated rings.